The molecule has 1 fully saturated rings. The molecule has 1 aromatic rings. The Morgan fingerprint density at radius 1 is 1.53 bits per heavy atom. The van der Waals surface area contributed by atoms with E-state index >= 15 is 0 Å². The number of hydrogen-bond donors (Lipinski definition) is 2. The van der Waals surface area contributed by atoms with Gasteiger partial charge < -0.3 is 19.8 Å². The zero-order valence-corrected chi connectivity index (χ0v) is 11.0. The summed E-state index contributed by atoms with van der Waals surface area (Å²) in [5.41, 5.74) is 0.442. The average Bonchev–Trinajstić information content (AvgIpc) is 2.46. The van der Waals surface area contributed by atoms with Gasteiger partial charge in [0.1, 0.15) is 0 Å². The maximum Gasteiger partial charge on any atom is 0.254 e. The van der Waals surface area contributed by atoms with E-state index < -0.39 is 0 Å². The van der Waals surface area contributed by atoms with Crippen molar-refractivity contribution >= 4 is 5.91 Å². The Balaban J connectivity index is 2.12. The fourth-order valence-electron chi connectivity index (χ4n) is 2.40. The van der Waals surface area contributed by atoms with Crippen molar-refractivity contribution in [1.29, 1.82) is 0 Å². The molecule has 5 nitrogen and oxygen atoms in total. The van der Waals surface area contributed by atoms with Gasteiger partial charge >= 0.3 is 0 Å². The summed E-state index contributed by atoms with van der Waals surface area (Å²) >= 11 is 0. The van der Waals surface area contributed by atoms with E-state index in [1.54, 1.807) is 17.0 Å². The quantitative estimate of drug-likeness (QED) is 0.863. The van der Waals surface area contributed by atoms with Crippen molar-refractivity contribution in [2.45, 2.75) is 12.8 Å². The molecule has 1 aromatic carbocycles. The molecule has 5 heteroatoms. The van der Waals surface area contributed by atoms with Gasteiger partial charge in [-0.1, -0.05) is 0 Å². The summed E-state index contributed by atoms with van der Waals surface area (Å²) < 4.78 is 4.95. The molecule has 104 valence electrons. The number of phenolic OH excluding ortho intramolecular Hbond substituents is 1. The topological polar surface area (TPSA) is 70.0 Å². The molecule has 2 rings (SSSR count). The van der Waals surface area contributed by atoms with Crippen LogP contribution in [0.1, 0.15) is 23.2 Å². The van der Waals surface area contributed by atoms with E-state index in [0.29, 0.717) is 24.4 Å². The van der Waals surface area contributed by atoms with Gasteiger partial charge in [0.05, 0.1) is 7.11 Å². The summed E-state index contributed by atoms with van der Waals surface area (Å²) in [6, 6.07) is 4.64. The van der Waals surface area contributed by atoms with Crippen molar-refractivity contribution < 1.29 is 19.7 Å². The molecular formula is C14H19NO4. The number of aromatic hydroxyl groups is 1. The zero-order valence-electron chi connectivity index (χ0n) is 11.0. The molecule has 0 saturated carbocycles. The first-order valence-electron chi connectivity index (χ1n) is 6.43. The van der Waals surface area contributed by atoms with Crippen LogP contribution in [-0.2, 0) is 0 Å². The number of likely N-dealkylation sites (tertiary alicyclic amines) is 1. The van der Waals surface area contributed by atoms with Crippen molar-refractivity contribution in [3.63, 3.8) is 0 Å². The van der Waals surface area contributed by atoms with Gasteiger partial charge in [0.25, 0.3) is 5.91 Å². The molecule has 0 bridgehead atoms. The van der Waals surface area contributed by atoms with Crippen molar-refractivity contribution in [3.05, 3.63) is 23.8 Å². The third-order valence-corrected chi connectivity index (χ3v) is 3.49. The number of methoxy groups -OCH3 is 1. The second-order valence-electron chi connectivity index (χ2n) is 4.83. The average molecular weight is 265 g/mol. The lowest BCUT2D eigenvalue weighted by atomic mass is 9.98. The SMILES string of the molecule is COc1ccc(C(=O)N2CCCC(CO)C2)cc1O. The monoisotopic (exact) mass is 265 g/mol. The number of ether oxygens (including phenoxy) is 1. The molecule has 0 aromatic heterocycles. The number of carbonyl (C=O) groups is 1. The lowest BCUT2D eigenvalue weighted by molar-refractivity contribution is 0.0620. The number of carbonyl (C=O) groups excluding carboxylic acids is 1. The molecular weight excluding hydrogens is 246 g/mol. The molecule has 2 N–H and O–H groups in total. The van der Waals surface area contributed by atoms with Crippen LogP contribution in [0.3, 0.4) is 0 Å². The number of benzene rings is 1. The van der Waals surface area contributed by atoms with Gasteiger partial charge in [-0.3, -0.25) is 4.79 Å². The van der Waals surface area contributed by atoms with Gasteiger partial charge in [-0.05, 0) is 37.0 Å². The van der Waals surface area contributed by atoms with E-state index in [1.807, 2.05) is 0 Å². The van der Waals surface area contributed by atoms with Gasteiger partial charge in [0.15, 0.2) is 11.5 Å². The molecule has 0 aliphatic carbocycles. The molecule has 1 saturated heterocycles. The minimum absolute atomic E-state index is 0.0379. The fraction of sp³-hybridized carbons (Fsp3) is 0.500. The van der Waals surface area contributed by atoms with Crippen LogP contribution in [-0.4, -0.2) is 47.8 Å². The molecule has 1 unspecified atom stereocenters. The number of nitrogens with zero attached hydrogens (tertiary/aromatic N) is 1. The Bertz CT molecular complexity index is 461. The first kappa shape index (κ1) is 13.7. The van der Waals surface area contributed by atoms with Crippen LogP contribution in [0.25, 0.3) is 0 Å². The van der Waals surface area contributed by atoms with Crippen LogP contribution in [0.4, 0.5) is 0 Å². The second kappa shape index (κ2) is 5.93. The first-order valence-corrected chi connectivity index (χ1v) is 6.43. The smallest absolute Gasteiger partial charge is 0.254 e. The summed E-state index contributed by atoms with van der Waals surface area (Å²) in [5, 5.41) is 18.9. The van der Waals surface area contributed by atoms with Crippen LogP contribution in [0.5, 0.6) is 11.5 Å². The minimum atomic E-state index is -0.115. The minimum Gasteiger partial charge on any atom is -0.504 e. The summed E-state index contributed by atoms with van der Waals surface area (Å²) in [6.45, 7) is 1.38. The predicted molar refractivity (Wildman–Crippen MR) is 70.4 cm³/mol. The summed E-state index contributed by atoms with van der Waals surface area (Å²) in [4.78, 5) is 14.0. The number of rotatable bonds is 3. The Kier molecular flexibility index (Phi) is 4.27. The van der Waals surface area contributed by atoms with Gasteiger partial charge in [0.2, 0.25) is 0 Å². The summed E-state index contributed by atoms with van der Waals surface area (Å²) in [7, 11) is 1.47. The highest BCUT2D eigenvalue weighted by atomic mass is 16.5. The highest BCUT2D eigenvalue weighted by Crippen LogP contribution is 2.27. The zero-order chi connectivity index (χ0) is 13.8. The van der Waals surface area contributed by atoms with Crippen LogP contribution < -0.4 is 4.74 Å². The van der Waals surface area contributed by atoms with E-state index in [9.17, 15) is 15.0 Å². The number of amides is 1. The van der Waals surface area contributed by atoms with Gasteiger partial charge in [-0.25, -0.2) is 0 Å². The molecule has 1 aliphatic rings. The molecule has 19 heavy (non-hydrogen) atoms. The summed E-state index contributed by atoms with van der Waals surface area (Å²) in [6.07, 6.45) is 1.85. The highest BCUT2D eigenvalue weighted by Gasteiger charge is 2.24. The van der Waals surface area contributed by atoms with E-state index in [4.69, 9.17) is 4.74 Å². The number of piperidine rings is 1. The van der Waals surface area contributed by atoms with E-state index in [1.165, 1.54) is 13.2 Å². The molecule has 1 atom stereocenters. The third kappa shape index (κ3) is 2.98. The largest absolute Gasteiger partial charge is 0.504 e. The highest BCUT2D eigenvalue weighted by molar-refractivity contribution is 5.95. The van der Waals surface area contributed by atoms with E-state index in [-0.39, 0.29) is 24.2 Å². The maximum absolute atomic E-state index is 12.3. The lowest BCUT2D eigenvalue weighted by Crippen LogP contribution is -2.40. The lowest BCUT2D eigenvalue weighted by Gasteiger charge is -2.32. The van der Waals surface area contributed by atoms with Gasteiger partial charge in [-0.15, -0.1) is 0 Å². The van der Waals surface area contributed by atoms with Crippen molar-refractivity contribution in [2.24, 2.45) is 5.92 Å². The number of phenols is 1. The Morgan fingerprint density at radius 2 is 2.32 bits per heavy atom. The number of aliphatic hydroxyl groups is 1. The normalized spacial score (nSPS) is 19.3. The fourth-order valence-corrected chi connectivity index (χ4v) is 2.40. The number of hydrogen-bond acceptors (Lipinski definition) is 4. The second-order valence-corrected chi connectivity index (χ2v) is 4.83. The summed E-state index contributed by atoms with van der Waals surface area (Å²) in [5.74, 6) is 0.355. The van der Waals surface area contributed by atoms with Gasteiger partial charge in [-0.2, -0.15) is 0 Å². The van der Waals surface area contributed by atoms with Crippen molar-refractivity contribution in [3.8, 4) is 11.5 Å². The molecule has 1 amide bonds. The number of aliphatic hydroxyl groups excluding tert-OH is 1. The third-order valence-electron chi connectivity index (χ3n) is 3.49. The molecule has 0 spiro atoms. The van der Waals surface area contributed by atoms with Gasteiger partial charge in [0, 0.05) is 25.3 Å². The Hall–Kier alpha value is -1.75. The van der Waals surface area contributed by atoms with Crippen LogP contribution in [0, 0.1) is 5.92 Å². The van der Waals surface area contributed by atoms with Crippen molar-refractivity contribution in [2.75, 3.05) is 26.8 Å². The predicted octanol–water partition coefficient (Wildman–Crippen LogP) is 1.25. The Morgan fingerprint density at radius 3 is 2.95 bits per heavy atom. The van der Waals surface area contributed by atoms with Crippen molar-refractivity contribution in [1.82, 2.24) is 4.90 Å². The van der Waals surface area contributed by atoms with Crippen LogP contribution >= 0.6 is 0 Å². The van der Waals surface area contributed by atoms with E-state index in [2.05, 4.69) is 0 Å². The maximum atomic E-state index is 12.3. The standard InChI is InChI=1S/C14H19NO4/c1-19-13-5-4-11(7-12(13)17)14(18)15-6-2-3-10(8-15)9-16/h4-5,7,10,16-17H,2-3,6,8-9H2,1H3. The molecule has 1 heterocycles. The van der Waals surface area contributed by atoms with E-state index in [0.717, 1.165) is 12.8 Å². The van der Waals surface area contributed by atoms with Crippen LogP contribution in [0.2, 0.25) is 0 Å². The molecule has 0 radical (unpaired) electrons. The first-order chi connectivity index (χ1) is 9.15. The Labute approximate surface area is 112 Å². The molecule has 1 aliphatic heterocycles. The van der Waals surface area contributed by atoms with Crippen LogP contribution in [0.15, 0.2) is 18.2 Å².